The third kappa shape index (κ3) is 3.75. The highest BCUT2D eigenvalue weighted by molar-refractivity contribution is 6.31. The van der Waals surface area contributed by atoms with E-state index in [-0.39, 0.29) is 11.9 Å². The second-order valence-electron chi connectivity index (χ2n) is 4.34. The van der Waals surface area contributed by atoms with Crippen LogP contribution in [-0.4, -0.2) is 11.5 Å². The lowest BCUT2D eigenvalue weighted by molar-refractivity contribution is 0.539. The molecule has 0 aliphatic carbocycles. The largest absolute Gasteiger partial charge is 0.310 e. The highest BCUT2D eigenvalue weighted by atomic mass is 35.5. The zero-order chi connectivity index (χ0) is 13.7. The summed E-state index contributed by atoms with van der Waals surface area (Å²) in [7, 11) is 0. The summed E-state index contributed by atoms with van der Waals surface area (Å²) >= 11 is 6.17. The first kappa shape index (κ1) is 14.0. The summed E-state index contributed by atoms with van der Waals surface area (Å²) in [4.78, 5) is 3.90. The van der Waals surface area contributed by atoms with Crippen LogP contribution in [0.5, 0.6) is 0 Å². The number of benzene rings is 1. The van der Waals surface area contributed by atoms with E-state index in [1.807, 2.05) is 31.2 Å². The van der Waals surface area contributed by atoms with Gasteiger partial charge in [0.1, 0.15) is 5.82 Å². The normalized spacial score (nSPS) is 12.4. The van der Waals surface area contributed by atoms with Crippen molar-refractivity contribution in [2.75, 3.05) is 6.54 Å². The molecule has 0 spiro atoms. The molecule has 0 bridgehead atoms. The number of rotatable bonds is 5. The molecule has 1 unspecified atom stereocenters. The Labute approximate surface area is 117 Å². The molecule has 100 valence electrons. The van der Waals surface area contributed by atoms with Gasteiger partial charge in [0.2, 0.25) is 0 Å². The fraction of sp³-hybridized carbons (Fsp3) is 0.267. The average molecular weight is 279 g/mol. The molecule has 0 radical (unpaired) electrons. The number of pyridine rings is 1. The van der Waals surface area contributed by atoms with E-state index in [2.05, 4.69) is 10.3 Å². The molecule has 19 heavy (non-hydrogen) atoms. The van der Waals surface area contributed by atoms with Gasteiger partial charge >= 0.3 is 0 Å². The van der Waals surface area contributed by atoms with Crippen LogP contribution in [0.3, 0.4) is 0 Å². The molecular formula is C15H16ClFN2. The highest BCUT2D eigenvalue weighted by Gasteiger charge is 2.13. The van der Waals surface area contributed by atoms with Crippen molar-refractivity contribution in [2.24, 2.45) is 0 Å². The topological polar surface area (TPSA) is 24.9 Å². The summed E-state index contributed by atoms with van der Waals surface area (Å²) in [5.41, 5.74) is 1.88. The van der Waals surface area contributed by atoms with Crippen LogP contribution >= 0.6 is 11.6 Å². The van der Waals surface area contributed by atoms with E-state index in [0.29, 0.717) is 6.42 Å². The zero-order valence-electron chi connectivity index (χ0n) is 10.7. The first-order valence-electron chi connectivity index (χ1n) is 6.28. The predicted molar refractivity (Wildman–Crippen MR) is 75.8 cm³/mol. The fourth-order valence-electron chi connectivity index (χ4n) is 2.06. The summed E-state index contributed by atoms with van der Waals surface area (Å²) in [5.74, 6) is -0.320. The Hall–Kier alpha value is -1.45. The Morgan fingerprint density at radius 2 is 2.11 bits per heavy atom. The second kappa shape index (κ2) is 6.64. The van der Waals surface area contributed by atoms with Crippen LogP contribution in [0.4, 0.5) is 4.39 Å². The molecule has 2 nitrogen and oxygen atoms in total. The first-order valence-corrected chi connectivity index (χ1v) is 6.65. The minimum absolute atomic E-state index is 0.00750. The molecular weight excluding hydrogens is 263 g/mol. The van der Waals surface area contributed by atoms with Crippen LogP contribution in [0.15, 0.2) is 42.7 Å². The summed E-state index contributed by atoms with van der Waals surface area (Å²) < 4.78 is 13.3. The molecule has 0 fully saturated rings. The summed E-state index contributed by atoms with van der Waals surface area (Å²) in [6.45, 7) is 2.82. The number of likely N-dealkylation sites (N-methyl/N-ethyl adjacent to an activating group) is 1. The van der Waals surface area contributed by atoms with Gasteiger partial charge in [0.05, 0.1) is 6.20 Å². The van der Waals surface area contributed by atoms with Gasteiger partial charge in [-0.3, -0.25) is 4.98 Å². The molecule has 0 amide bonds. The van der Waals surface area contributed by atoms with E-state index < -0.39 is 0 Å². The molecule has 0 aliphatic heterocycles. The Balaban J connectivity index is 2.24. The molecule has 0 saturated heterocycles. The van der Waals surface area contributed by atoms with Gasteiger partial charge in [0, 0.05) is 17.3 Å². The molecule has 1 N–H and O–H groups in total. The standard InChI is InChI=1S/C15H16ClFN2/c1-2-19-15(12-7-13(17)10-18-9-12)8-11-5-3-4-6-14(11)16/h3-7,9-10,15,19H,2,8H2,1H3. The molecule has 1 aromatic carbocycles. The molecule has 0 aliphatic rings. The minimum Gasteiger partial charge on any atom is -0.310 e. The van der Waals surface area contributed by atoms with Gasteiger partial charge in [-0.25, -0.2) is 4.39 Å². The molecule has 1 atom stereocenters. The van der Waals surface area contributed by atoms with Crippen molar-refractivity contribution >= 4 is 11.6 Å². The maximum atomic E-state index is 13.3. The van der Waals surface area contributed by atoms with Crippen molar-refractivity contribution in [3.05, 3.63) is 64.7 Å². The maximum absolute atomic E-state index is 13.3. The number of aromatic nitrogens is 1. The van der Waals surface area contributed by atoms with Crippen molar-refractivity contribution in [3.8, 4) is 0 Å². The Kier molecular flexibility index (Phi) is 4.88. The Bertz CT molecular complexity index is 545. The smallest absolute Gasteiger partial charge is 0.141 e. The Morgan fingerprint density at radius 3 is 2.79 bits per heavy atom. The molecule has 2 aromatic rings. The quantitative estimate of drug-likeness (QED) is 0.901. The third-order valence-electron chi connectivity index (χ3n) is 2.96. The van der Waals surface area contributed by atoms with Gasteiger partial charge in [0.25, 0.3) is 0 Å². The summed E-state index contributed by atoms with van der Waals surface area (Å²) in [6, 6.07) is 9.22. The molecule has 2 rings (SSSR count). The minimum atomic E-state index is -0.320. The van der Waals surface area contributed by atoms with E-state index in [1.165, 1.54) is 12.3 Å². The van der Waals surface area contributed by atoms with Crippen LogP contribution in [-0.2, 0) is 6.42 Å². The van der Waals surface area contributed by atoms with Gasteiger partial charge in [-0.15, -0.1) is 0 Å². The van der Waals surface area contributed by atoms with E-state index in [1.54, 1.807) is 6.20 Å². The lowest BCUT2D eigenvalue weighted by Crippen LogP contribution is -2.23. The SMILES string of the molecule is CCNC(Cc1ccccc1Cl)c1cncc(F)c1. The van der Waals surface area contributed by atoms with Gasteiger partial charge < -0.3 is 5.32 Å². The van der Waals surface area contributed by atoms with Crippen molar-refractivity contribution in [2.45, 2.75) is 19.4 Å². The molecule has 1 aromatic heterocycles. The number of nitrogens with zero attached hydrogens (tertiary/aromatic N) is 1. The summed E-state index contributed by atoms with van der Waals surface area (Å²) in [5, 5.41) is 4.07. The summed E-state index contributed by atoms with van der Waals surface area (Å²) in [6.07, 6.45) is 3.61. The van der Waals surface area contributed by atoms with Gasteiger partial charge in [-0.05, 0) is 36.2 Å². The van der Waals surface area contributed by atoms with Crippen molar-refractivity contribution in [1.82, 2.24) is 10.3 Å². The van der Waals surface area contributed by atoms with Gasteiger partial charge in [-0.2, -0.15) is 0 Å². The molecule has 4 heteroatoms. The third-order valence-corrected chi connectivity index (χ3v) is 3.33. The van der Waals surface area contributed by atoms with Crippen LogP contribution in [0.2, 0.25) is 5.02 Å². The van der Waals surface area contributed by atoms with Gasteiger partial charge in [-0.1, -0.05) is 36.7 Å². The lowest BCUT2D eigenvalue weighted by atomic mass is 10.00. The fourth-order valence-corrected chi connectivity index (χ4v) is 2.27. The molecule has 1 heterocycles. The number of hydrogen-bond donors (Lipinski definition) is 1. The lowest BCUT2D eigenvalue weighted by Gasteiger charge is -2.18. The molecule has 0 saturated carbocycles. The predicted octanol–water partition coefficient (Wildman–Crippen LogP) is 3.77. The number of halogens is 2. The first-order chi connectivity index (χ1) is 9.20. The van der Waals surface area contributed by atoms with E-state index >= 15 is 0 Å². The second-order valence-corrected chi connectivity index (χ2v) is 4.75. The maximum Gasteiger partial charge on any atom is 0.141 e. The van der Waals surface area contributed by atoms with E-state index in [4.69, 9.17) is 11.6 Å². The monoisotopic (exact) mass is 278 g/mol. The van der Waals surface area contributed by atoms with Crippen molar-refractivity contribution in [1.29, 1.82) is 0 Å². The van der Waals surface area contributed by atoms with Crippen LogP contribution in [0.1, 0.15) is 24.1 Å². The van der Waals surface area contributed by atoms with E-state index in [9.17, 15) is 4.39 Å². The van der Waals surface area contributed by atoms with Crippen molar-refractivity contribution in [3.63, 3.8) is 0 Å². The number of hydrogen-bond acceptors (Lipinski definition) is 2. The zero-order valence-corrected chi connectivity index (χ0v) is 11.5. The van der Waals surface area contributed by atoms with E-state index in [0.717, 1.165) is 22.7 Å². The van der Waals surface area contributed by atoms with Crippen molar-refractivity contribution < 1.29 is 4.39 Å². The van der Waals surface area contributed by atoms with Crippen LogP contribution < -0.4 is 5.32 Å². The van der Waals surface area contributed by atoms with Gasteiger partial charge in [0.15, 0.2) is 0 Å². The number of nitrogens with one attached hydrogen (secondary N) is 1. The van der Waals surface area contributed by atoms with Crippen LogP contribution in [0, 0.1) is 5.82 Å². The average Bonchev–Trinajstić information content (AvgIpc) is 2.40. The van der Waals surface area contributed by atoms with Crippen LogP contribution in [0.25, 0.3) is 0 Å². The Morgan fingerprint density at radius 1 is 1.32 bits per heavy atom. The highest BCUT2D eigenvalue weighted by Crippen LogP contribution is 2.23.